The normalized spacial score (nSPS) is 11.0. The lowest BCUT2D eigenvalue weighted by Gasteiger charge is -2.26. The number of hydrogen-bond acceptors (Lipinski definition) is 5. The average molecular weight is 347 g/mol. The summed E-state index contributed by atoms with van der Waals surface area (Å²) in [6, 6.07) is 8.16. The molecule has 0 unspecified atom stereocenters. The SMILES string of the molecule is COc1ccc(C(C)(C)CNC(=O)c2ccc(C(=O)O)o2)cc1OC. The molecule has 1 amide bonds. The number of carbonyl (C=O) groups excluding carboxylic acids is 1. The summed E-state index contributed by atoms with van der Waals surface area (Å²) in [5.74, 6) is -0.769. The van der Waals surface area contributed by atoms with Crippen LogP contribution in [0.15, 0.2) is 34.7 Å². The quantitative estimate of drug-likeness (QED) is 0.799. The van der Waals surface area contributed by atoms with Crippen LogP contribution in [0.2, 0.25) is 0 Å². The van der Waals surface area contributed by atoms with Crippen molar-refractivity contribution in [3.05, 3.63) is 47.4 Å². The highest BCUT2D eigenvalue weighted by atomic mass is 16.5. The standard InChI is InChI=1S/C18H21NO6/c1-18(2,11-5-6-12(23-3)15(9-11)24-4)10-19-16(20)13-7-8-14(25-13)17(21)22/h5-9H,10H2,1-4H3,(H,19,20)(H,21,22). The molecule has 0 bridgehead atoms. The van der Waals surface area contributed by atoms with Crippen LogP contribution in [0, 0.1) is 0 Å². The minimum atomic E-state index is -1.22. The molecule has 1 aromatic carbocycles. The van der Waals surface area contributed by atoms with Crippen LogP contribution >= 0.6 is 0 Å². The van der Waals surface area contributed by atoms with Crippen molar-refractivity contribution in [3.63, 3.8) is 0 Å². The average Bonchev–Trinajstić information content (AvgIpc) is 3.09. The van der Waals surface area contributed by atoms with Crippen molar-refractivity contribution < 1.29 is 28.6 Å². The van der Waals surface area contributed by atoms with Crippen LogP contribution in [0.1, 0.15) is 40.5 Å². The third-order valence-corrected chi connectivity index (χ3v) is 3.90. The first-order valence-corrected chi connectivity index (χ1v) is 7.62. The van der Waals surface area contributed by atoms with E-state index in [4.69, 9.17) is 19.0 Å². The van der Waals surface area contributed by atoms with Crippen molar-refractivity contribution in [1.29, 1.82) is 0 Å². The van der Waals surface area contributed by atoms with E-state index in [-0.39, 0.29) is 11.5 Å². The molecule has 2 aromatic rings. The molecule has 7 heteroatoms. The van der Waals surface area contributed by atoms with E-state index >= 15 is 0 Å². The van der Waals surface area contributed by atoms with Gasteiger partial charge in [-0.1, -0.05) is 19.9 Å². The first-order chi connectivity index (χ1) is 11.8. The molecule has 0 saturated carbocycles. The summed E-state index contributed by atoms with van der Waals surface area (Å²) in [4.78, 5) is 22.9. The van der Waals surface area contributed by atoms with Crippen LogP contribution in [-0.2, 0) is 5.41 Å². The first-order valence-electron chi connectivity index (χ1n) is 7.62. The van der Waals surface area contributed by atoms with Crippen LogP contribution in [-0.4, -0.2) is 37.7 Å². The zero-order valence-corrected chi connectivity index (χ0v) is 14.6. The summed E-state index contributed by atoms with van der Waals surface area (Å²) in [5.41, 5.74) is 0.563. The van der Waals surface area contributed by atoms with Gasteiger partial charge in [-0.05, 0) is 29.8 Å². The molecular formula is C18H21NO6. The topological polar surface area (TPSA) is 98.0 Å². The van der Waals surface area contributed by atoms with Crippen LogP contribution in [0.4, 0.5) is 0 Å². The second-order valence-corrected chi connectivity index (χ2v) is 6.11. The second kappa shape index (κ2) is 7.29. The number of furan rings is 1. The summed E-state index contributed by atoms with van der Waals surface area (Å²) in [6.45, 7) is 4.27. The number of methoxy groups -OCH3 is 2. The molecule has 0 radical (unpaired) electrons. The maximum atomic E-state index is 12.1. The maximum absolute atomic E-state index is 12.1. The van der Waals surface area contributed by atoms with Crippen molar-refractivity contribution in [1.82, 2.24) is 5.32 Å². The maximum Gasteiger partial charge on any atom is 0.371 e. The molecule has 0 fully saturated rings. The van der Waals surface area contributed by atoms with E-state index in [1.807, 2.05) is 32.0 Å². The van der Waals surface area contributed by atoms with Crippen molar-refractivity contribution >= 4 is 11.9 Å². The van der Waals surface area contributed by atoms with Crippen molar-refractivity contribution in [3.8, 4) is 11.5 Å². The minimum absolute atomic E-state index is 0.0412. The zero-order valence-electron chi connectivity index (χ0n) is 14.6. The van der Waals surface area contributed by atoms with Crippen LogP contribution < -0.4 is 14.8 Å². The number of benzene rings is 1. The number of carboxylic acids is 1. The molecule has 2 N–H and O–H groups in total. The smallest absolute Gasteiger partial charge is 0.371 e. The predicted octanol–water partition coefficient (Wildman–Crippen LogP) is 2.70. The van der Waals surface area contributed by atoms with Gasteiger partial charge in [0, 0.05) is 12.0 Å². The molecule has 0 aliphatic carbocycles. The van der Waals surface area contributed by atoms with Gasteiger partial charge in [0.2, 0.25) is 5.76 Å². The fraction of sp³-hybridized carbons (Fsp3) is 0.333. The lowest BCUT2D eigenvalue weighted by atomic mass is 9.84. The van der Waals surface area contributed by atoms with E-state index < -0.39 is 17.3 Å². The summed E-state index contributed by atoms with van der Waals surface area (Å²) >= 11 is 0. The Morgan fingerprint density at radius 1 is 1.08 bits per heavy atom. The summed E-state index contributed by atoms with van der Waals surface area (Å²) in [7, 11) is 3.13. The molecule has 2 rings (SSSR count). The molecule has 1 aromatic heterocycles. The van der Waals surface area contributed by atoms with E-state index in [0.29, 0.717) is 18.0 Å². The number of carboxylic acid groups (broad SMARTS) is 1. The van der Waals surface area contributed by atoms with Gasteiger partial charge in [-0.3, -0.25) is 4.79 Å². The van der Waals surface area contributed by atoms with Crippen LogP contribution in [0.5, 0.6) is 11.5 Å². The summed E-state index contributed by atoms with van der Waals surface area (Å²) < 4.78 is 15.5. The number of aromatic carboxylic acids is 1. The van der Waals surface area contributed by atoms with Gasteiger partial charge in [-0.2, -0.15) is 0 Å². The third-order valence-electron chi connectivity index (χ3n) is 3.90. The molecule has 134 valence electrons. The van der Waals surface area contributed by atoms with Gasteiger partial charge in [-0.25, -0.2) is 4.79 Å². The molecule has 25 heavy (non-hydrogen) atoms. The highest BCUT2D eigenvalue weighted by Gasteiger charge is 2.24. The minimum Gasteiger partial charge on any atom is -0.493 e. The Hall–Kier alpha value is -2.96. The van der Waals surface area contributed by atoms with Gasteiger partial charge in [0.05, 0.1) is 14.2 Å². The fourth-order valence-corrected chi connectivity index (χ4v) is 2.32. The van der Waals surface area contributed by atoms with E-state index in [1.165, 1.54) is 12.1 Å². The number of nitrogens with one attached hydrogen (secondary N) is 1. The molecule has 0 spiro atoms. The van der Waals surface area contributed by atoms with Gasteiger partial charge < -0.3 is 24.3 Å². The number of hydrogen-bond donors (Lipinski definition) is 2. The molecular weight excluding hydrogens is 326 g/mol. The predicted molar refractivity (Wildman–Crippen MR) is 90.6 cm³/mol. The largest absolute Gasteiger partial charge is 0.493 e. The lowest BCUT2D eigenvalue weighted by Crippen LogP contribution is -2.36. The van der Waals surface area contributed by atoms with Gasteiger partial charge >= 0.3 is 5.97 Å². The number of amides is 1. The highest BCUT2D eigenvalue weighted by molar-refractivity contribution is 5.93. The zero-order chi connectivity index (χ0) is 18.6. The molecule has 0 saturated heterocycles. The van der Waals surface area contributed by atoms with Crippen molar-refractivity contribution in [2.75, 3.05) is 20.8 Å². The van der Waals surface area contributed by atoms with Crippen molar-refractivity contribution in [2.45, 2.75) is 19.3 Å². The molecule has 0 aliphatic rings. The van der Waals surface area contributed by atoms with E-state index in [9.17, 15) is 9.59 Å². The molecule has 0 atom stereocenters. The van der Waals surface area contributed by atoms with Crippen LogP contribution in [0.25, 0.3) is 0 Å². The Bertz CT molecular complexity index is 778. The number of carbonyl (C=O) groups is 2. The Balaban J connectivity index is 2.10. The third kappa shape index (κ3) is 4.12. The van der Waals surface area contributed by atoms with Gasteiger partial charge in [0.1, 0.15) is 0 Å². The molecule has 0 aliphatic heterocycles. The Morgan fingerprint density at radius 3 is 2.28 bits per heavy atom. The number of rotatable bonds is 7. The van der Waals surface area contributed by atoms with Crippen molar-refractivity contribution in [2.24, 2.45) is 0 Å². The number of ether oxygens (including phenoxy) is 2. The Labute approximate surface area is 145 Å². The highest BCUT2D eigenvalue weighted by Crippen LogP contribution is 2.32. The second-order valence-electron chi connectivity index (χ2n) is 6.11. The lowest BCUT2D eigenvalue weighted by molar-refractivity contribution is 0.0659. The monoisotopic (exact) mass is 347 g/mol. The van der Waals surface area contributed by atoms with Gasteiger partial charge in [0.25, 0.3) is 5.91 Å². The Morgan fingerprint density at radius 2 is 1.72 bits per heavy atom. The van der Waals surface area contributed by atoms with Gasteiger partial charge in [0.15, 0.2) is 17.3 Å². The molecule has 1 heterocycles. The summed E-state index contributed by atoms with van der Waals surface area (Å²) in [5, 5.41) is 11.6. The molecule has 7 nitrogen and oxygen atoms in total. The summed E-state index contributed by atoms with van der Waals surface area (Å²) in [6.07, 6.45) is 0. The van der Waals surface area contributed by atoms with E-state index in [2.05, 4.69) is 5.32 Å². The van der Waals surface area contributed by atoms with Crippen LogP contribution in [0.3, 0.4) is 0 Å². The fourth-order valence-electron chi connectivity index (χ4n) is 2.32. The Kier molecular flexibility index (Phi) is 5.36. The van der Waals surface area contributed by atoms with E-state index in [0.717, 1.165) is 5.56 Å². The van der Waals surface area contributed by atoms with Gasteiger partial charge in [-0.15, -0.1) is 0 Å². The first kappa shape index (κ1) is 18.4. The van der Waals surface area contributed by atoms with E-state index in [1.54, 1.807) is 14.2 Å².